The number of morpholine rings is 1. The van der Waals surface area contributed by atoms with Crippen LogP contribution in [-0.4, -0.2) is 48.5 Å². The Kier molecular flexibility index (Phi) is 6.13. The first kappa shape index (κ1) is 19.0. The summed E-state index contributed by atoms with van der Waals surface area (Å²) in [5.74, 6) is -0.0671. The second-order valence-electron chi connectivity index (χ2n) is 5.88. The van der Waals surface area contributed by atoms with Crippen LogP contribution in [0.1, 0.15) is 5.56 Å². The number of pyridine rings is 1. The number of ether oxygens (including phenoxy) is 1. The van der Waals surface area contributed by atoms with Gasteiger partial charge in [0, 0.05) is 36.9 Å². The largest absolute Gasteiger partial charge is 0.379 e. The summed E-state index contributed by atoms with van der Waals surface area (Å²) < 4.78 is 7.60. The van der Waals surface area contributed by atoms with E-state index in [-0.39, 0.29) is 11.4 Å². The second-order valence-corrected chi connectivity index (χ2v) is 7.05. The lowest BCUT2D eigenvalue weighted by molar-refractivity contribution is 0.0773. The van der Waals surface area contributed by atoms with E-state index in [9.17, 15) is 4.79 Å². The maximum atomic E-state index is 12.2. The Bertz CT molecular complexity index is 899. The van der Waals surface area contributed by atoms with Crippen LogP contribution in [0.3, 0.4) is 0 Å². The van der Waals surface area contributed by atoms with Crippen molar-refractivity contribution in [3.63, 3.8) is 0 Å². The molecule has 8 nitrogen and oxygen atoms in total. The van der Waals surface area contributed by atoms with Crippen molar-refractivity contribution in [2.24, 2.45) is 0 Å². The zero-order valence-electron chi connectivity index (χ0n) is 14.9. The molecule has 2 heterocycles. The van der Waals surface area contributed by atoms with Crippen LogP contribution in [0.4, 0.5) is 11.4 Å². The number of nitrogens with zero attached hydrogens (tertiary/aromatic N) is 3. The lowest BCUT2D eigenvalue weighted by Gasteiger charge is -2.25. The Balaban J connectivity index is 1.71. The topological polar surface area (TPSA) is 108 Å². The fourth-order valence-electron chi connectivity index (χ4n) is 2.64. The number of aromatic amines is 1. The highest BCUT2D eigenvalue weighted by Crippen LogP contribution is 2.25. The van der Waals surface area contributed by atoms with Gasteiger partial charge in [0.05, 0.1) is 18.9 Å². The van der Waals surface area contributed by atoms with E-state index < -0.39 is 5.56 Å². The minimum atomic E-state index is -0.424. The number of nitrogens with one attached hydrogen (secondary N) is 3. The molecule has 0 amide bonds. The third-order valence-corrected chi connectivity index (χ3v) is 5.13. The minimum Gasteiger partial charge on any atom is -0.379 e. The van der Waals surface area contributed by atoms with Gasteiger partial charge < -0.3 is 15.0 Å². The lowest BCUT2D eigenvalue weighted by Crippen LogP contribution is -2.30. The van der Waals surface area contributed by atoms with E-state index in [1.54, 1.807) is 25.1 Å². The molecule has 0 spiro atoms. The molecule has 0 unspecified atom stereocenters. The molecule has 1 aromatic heterocycles. The number of hydrogen-bond donors (Lipinski definition) is 3. The van der Waals surface area contributed by atoms with Crippen molar-refractivity contribution >= 4 is 29.2 Å². The van der Waals surface area contributed by atoms with Crippen LogP contribution in [0.2, 0.25) is 0 Å². The van der Waals surface area contributed by atoms with Gasteiger partial charge in [-0.1, -0.05) is 0 Å². The summed E-state index contributed by atoms with van der Waals surface area (Å²) >= 11 is 1.67. The molecule has 0 radical (unpaired) electrons. The van der Waals surface area contributed by atoms with Gasteiger partial charge in [-0.25, -0.2) is 4.31 Å². The highest BCUT2D eigenvalue weighted by Gasteiger charge is 2.16. The fourth-order valence-corrected chi connectivity index (χ4v) is 3.52. The van der Waals surface area contributed by atoms with Crippen molar-refractivity contribution in [2.75, 3.05) is 43.6 Å². The minimum absolute atomic E-state index is 0.0671. The lowest BCUT2D eigenvalue weighted by atomic mass is 10.2. The van der Waals surface area contributed by atoms with Crippen LogP contribution in [0, 0.1) is 16.9 Å². The first-order valence-electron chi connectivity index (χ1n) is 8.40. The van der Waals surface area contributed by atoms with E-state index >= 15 is 0 Å². The quantitative estimate of drug-likeness (QED) is 0.238. The number of rotatable bonds is 5. The molecule has 1 aromatic carbocycles. The molecule has 1 aliphatic heterocycles. The maximum absolute atomic E-state index is 12.2. The third kappa shape index (κ3) is 4.68. The van der Waals surface area contributed by atoms with Crippen molar-refractivity contribution in [1.29, 1.82) is 10.7 Å². The fraction of sp³-hybridized carbons (Fsp3) is 0.278. The van der Waals surface area contributed by atoms with Crippen LogP contribution in [-0.2, 0) is 4.74 Å². The van der Waals surface area contributed by atoms with Gasteiger partial charge >= 0.3 is 0 Å². The van der Waals surface area contributed by atoms with Gasteiger partial charge in [0.15, 0.2) is 6.19 Å². The average Bonchev–Trinajstić information content (AvgIpc) is 2.69. The Morgan fingerprint density at radius 2 is 2.04 bits per heavy atom. The maximum Gasteiger partial charge on any atom is 0.261 e. The summed E-state index contributed by atoms with van der Waals surface area (Å²) in [6, 6.07) is 9.25. The predicted molar refractivity (Wildman–Crippen MR) is 106 cm³/mol. The Labute approximate surface area is 161 Å². The molecule has 2 aromatic rings. The van der Waals surface area contributed by atoms with Crippen molar-refractivity contribution < 1.29 is 4.74 Å². The van der Waals surface area contributed by atoms with Crippen LogP contribution in [0.5, 0.6) is 0 Å². The number of anilines is 2. The molecule has 0 bridgehead atoms. The molecule has 27 heavy (non-hydrogen) atoms. The van der Waals surface area contributed by atoms with Gasteiger partial charge in [-0.2, -0.15) is 5.26 Å². The van der Waals surface area contributed by atoms with E-state index in [2.05, 4.69) is 14.6 Å². The Morgan fingerprint density at radius 3 is 2.70 bits per heavy atom. The number of nitriles is 1. The molecule has 1 aliphatic rings. The number of H-pyrrole nitrogens is 1. The monoisotopic (exact) mass is 384 g/mol. The standard InChI is InChI=1S/C18H20N6O2S/c1-23(12-19)15-6-7-21-18(25)16(15)17(20)22-13-2-4-14(5-3-13)27-24-8-10-26-11-9-24/h2-7H,8-11H2,1H3,(H2,20,22)(H,21,25). The van der Waals surface area contributed by atoms with Gasteiger partial charge in [0.1, 0.15) is 11.4 Å². The van der Waals surface area contributed by atoms with Crippen LogP contribution in [0.15, 0.2) is 46.2 Å². The summed E-state index contributed by atoms with van der Waals surface area (Å²) in [5, 5.41) is 20.3. The van der Waals surface area contributed by atoms with Gasteiger partial charge in [0.2, 0.25) is 0 Å². The molecular weight excluding hydrogens is 364 g/mol. The van der Waals surface area contributed by atoms with E-state index in [0.29, 0.717) is 11.4 Å². The molecule has 3 rings (SSSR count). The molecule has 0 aliphatic carbocycles. The smallest absolute Gasteiger partial charge is 0.261 e. The SMILES string of the molecule is CN(C#N)c1cc[nH]c(=O)c1C(=N)Nc1ccc(SN2CCOCC2)cc1. The number of benzene rings is 1. The predicted octanol–water partition coefficient (Wildman–Crippen LogP) is 2.07. The van der Waals surface area contributed by atoms with Crippen LogP contribution >= 0.6 is 11.9 Å². The highest BCUT2D eigenvalue weighted by molar-refractivity contribution is 7.97. The van der Waals surface area contributed by atoms with Crippen molar-refractivity contribution in [2.45, 2.75) is 4.90 Å². The molecular formula is C18H20N6O2S. The Hall–Kier alpha value is -2.80. The zero-order valence-corrected chi connectivity index (χ0v) is 15.7. The van der Waals surface area contributed by atoms with Crippen molar-refractivity contribution in [1.82, 2.24) is 9.29 Å². The van der Waals surface area contributed by atoms with Gasteiger partial charge in [-0.3, -0.25) is 15.1 Å². The molecule has 0 saturated carbocycles. The van der Waals surface area contributed by atoms with Gasteiger partial charge in [-0.15, -0.1) is 0 Å². The van der Waals surface area contributed by atoms with Crippen molar-refractivity contribution in [3.05, 3.63) is 52.4 Å². The van der Waals surface area contributed by atoms with E-state index in [0.717, 1.165) is 31.2 Å². The van der Waals surface area contributed by atoms with E-state index in [1.807, 2.05) is 30.5 Å². The number of aromatic nitrogens is 1. The summed E-state index contributed by atoms with van der Waals surface area (Å²) in [7, 11) is 1.54. The first-order chi connectivity index (χ1) is 13.1. The van der Waals surface area contributed by atoms with E-state index in [4.69, 9.17) is 15.4 Å². The third-order valence-electron chi connectivity index (χ3n) is 4.03. The average molecular weight is 384 g/mol. The summed E-state index contributed by atoms with van der Waals surface area (Å²) in [4.78, 5) is 17.1. The molecule has 3 N–H and O–H groups in total. The molecule has 1 fully saturated rings. The summed E-state index contributed by atoms with van der Waals surface area (Å²) in [5.41, 5.74) is 0.762. The molecule has 0 atom stereocenters. The van der Waals surface area contributed by atoms with E-state index in [1.165, 1.54) is 11.1 Å². The van der Waals surface area contributed by atoms with Gasteiger partial charge in [-0.05, 0) is 42.3 Å². The number of hydrogen-bond acceptors (Lipinski definition) is 7. The Morgan fingerprint density at radius 1 is 1.33 bits per heavy atom. The van der Waals surface area contributed by atoms with Crippen molar-refractivity contribution in [3.8, 4) is 6.19 Å². The molecule has 9 heteroatoms. The highest BCUT2D eigenvalue weighted by atomic mass is 32.2. The zero-order chi connectivity index (χ0) is 19.2. The second kappa shape index (κ2) is 8.73. The molecule has 1 saturated heterocycles. The van der Waals surface area contributed by atoms with Crippen LogP contribution < -0.4 is 15.8 Å². The van der Waals surface area contributed by atoms with Gasteiger partial charge in [0.25, 0.3) is 5.56 Å². The summed E-state index contributed by atoms with van der Waals surface area (Å²) in [6.45, 7) is 3.27. The normalized spacial score (nSPS) is 14.4. The summed E-state index contributed by atoms with van der Waals surface area (Å²) in [6.07, 6.45) is 3.41. The number of amidine groups is 1. The first-order valence-corrected chi connectivity index (χ1v) is 9.17. The molecule has 140 valence electrons. The van der Waals surface area contributed by atoms with Crippen LogP contribution in [0.25, 0.3) is 0 Å².